The number of halogens is 1. The monoisotopic (exact) mass is 368 g/mol. The van der Waals surface area contributed by atoms with Crippen LogP contribution in [0.1, 0.15) is 5.56 Å². The van der Waals surface area contributed by atoms with Gasteiger partial charge in [-0.3, -0.25) is 14.8 Å². The molecule has 9 heteroatoms. The van der Waals surface area contributed by atoms with Crippen LogP contribution in [0.2, 0.25) is 5.02 Å². The van der Waals surface area contributed by atoms with Crippen LogP contribution < -0.4 is 9.46 Å². The number of benzene rings is 2. The zero-order valence-corrected chi connectivity index (χ0v) is 14.0. The van der Waals surface area contributed by atoms with E-state index in [0.717, 1.165) is 11.5 Å². The van der Waals surface area contributed by atoms with Crippen molar-refractivity contribution in [1.82, 2.24) is 0 Å². The van der Waals surface area contributed by atoms with E-state index in [0.29, 0.717) is 10.6 Å². The molecule has 2 rings (SSSR count). The molecule has 0 amide bonds. The molecule has 0 heterocycles. The Kier molecular flexibility index (Phi) is 5.42. The molecule has 7 nitrogen and oxygen atoms in total. The van der Waals surface area contributed by atoms with E-state index in [1.165, 1.54) is 25.3 Å². The van der Waals surface area contributed by atoms with Crippen molar-refractivity contribution in [3.05, 3.63) is 68.6 Å². The quantitative estimate of drug-likeness (QED) is 0.619. The molecule has 24 heavy (non-hydrogen) atoms. The van der Waals surface area contributed by atoms with Crippen LogP contribution in [0, 0.1) is 10.1 Å². The summed E-state index contributed by atoms with van der Waals surface area (Å²) in [6.07, 6.45) is 1.38. The van der Waals surface area contributed by atoms with Gasteiger partial charge in [0.15, 0.2) is 0 Å². The van der Waals surface area contributed by atoms with Gasteiger partial charge in [-0.2, -0.15) is 0 Å². The van der Waals surface area contributed by atoms with Crippen LogP contribution in [0.5, 0.6) is 5.75 Å². The molecule has 0 saturated heterocycles. The van der Waals surface area contributed by atoms with Crippen molar-refractivity contribution in [3.63, 3.8) is 0 Å². The van der Waals surface area contributed by atoms with Crippen LogP contribution in [0.4, 0.5) is 11.4 Å². The number of nitrogens with one attached hydrogen (secondary N) is 1. The number of ether oxygens (including phenoxy) is 1. The molecule has 2 aromatic rings. The Labute approximate surface area is 143 Å². The molecule has 0 aliphatic rings. The Hall–Kier alpha value is -2.58. The first kappa shape index (κ1) is 17.8. The minimum Gasteiger partial charge on any atom is -0.495 e. The Balaban J connectivity index is 2.26. The lowest BCUT2D eigenvalue weighted by molar-refractivity contribution is -0.384. The third-order valence-corrected chi connectivity index (χ3v) is 4.21. The number of nitro groups is 1. The van der Waals surface area contributed by atoms with Crippen molar-refractivity contribution >= 4 is 39.1 Å². The molecule has 0 saturated carbocycles. The van der Waals surface area contributed by atoms with Crippen molar-refractivity contribution in [2.45, 2.75) is 0 Å². The van der Waals surface area contributed by atoms with Gasteiger partial charge in [-0.25, -0.2) is 8.42 Å². The summed E-state index contributed by atoms with van der Waals surface area (Å²) in [5.41, 5.74) is 0.360. The molecule has 0 fully saturated rings. The van der Waals surface area contributed by atoms with Crippen LogP contribution in [-0.4, -0.2) is 20.5 Å². The molecule has 0 atom stereocenters. The van der Waals surface area contributed by atoms with Gasteiger partial charge in [-0.1, -0.05) is 23.7 Å². The molecule has 0 unspecified atom stereocenters. The minimum atomic E-state index is -3.88. The average Bonchev–Trinajstić information content (AvgIpc) is 2.54. The van der Waals surface area contributed by atoms with Gasteiger partial charge in [-0.15, -0.1) is 0 Å². The lowest BCUT2D eigenvalue weighted by Gasteiger charge is -2.09. The largest absolute Gasteiger partial charge is 0.495 e. The van der Waals surface area contributed by atoms with Crippen LogP contribution in [0.25, 0.3) is 6.08 Å². The van der Waals surface area contributed by atoms with Gasteiger partial charge in [0.05, 0.1) is 23.1 Å². The van der Waals surface area contributed by atoms with Gasteiger partial charge >= 0.3 is 0 Å². The van der Waals surface area contributed by atoms with E-state index >= 15 is 0 Å². The molecule has 1 N–H and O–H groups in total. The van der Waals surface area contributed by atoms with Gasteiger partial charge in [0.25, 0.3) is 15.7 Å². The molecular weight excluding hydrogens is 356 g/mol. The molecule has 0 radical (unpaired) electrons. The van der Waals surface area contributed by atoms with E-state index in [-0.39, 0.29) is 17.1 Å². The smallest absolute Gasteiger partial charge is 0.271 e. The number of nitrogens with zero attached hydrogens (tertiary/aromatic N) is 1. The molecule has 0 bridgehead atoms. The average molecular weight is 369 g/mol. The lowest BCUT2D eigenvalue weighted by atomic mass is 10.2. The van der Waals surface area contributed by atoms with Crippen molar-refractivity contribution in [2.75, 3.05) is 11.8 Å². The molecule has 0 aliphatic carbocycles. The summed E-state index contributed by atoms with van der Waals surface area (Å²) in [5.74, 6) is 0.170. The van der Waals surface area contributed by atoms with E-state index in [2.05, 4.69) is 4.72 Å². The highest BCUT2D eigenvalue weighted by atomic mass is 35.5. The summed E-state index contributed by atoms with van der Waals surface area (Å²) in [6.45, 7) is 0. The minimum absolute atomic E-state index is 0.0209. The first-order valence-corrected chi connectivity index (χ1v) is 8.52. The highest BCUT2D eigenvalue weighted by Crippen LogP contribution is 2.29. The normalized spacial score (nSPS) is 11.4. The predicted octanol–water partition coefficient (Wildman–Crippen LogP) is 3.67. The molecule has 0 aromatic heterocycles. The zero-order chi connectivity index (χ0) is 17.7. The summed E-state index contributed by atoms with van der Waals surface area (Å²) in [5, 5.41) is 12.3. The first-order chi connectivity index (χ1) is 11.3. The summed E-state index contributed by atoms with van der Waals surface area (Å²) in [7, 11) is -2.55. The first-order valence-electron chi connectivity index (χ1n) is 6.59. The number of sulfonamides is 1. The third kappa shape index (κ3) is 4.71. The fourth-order valence-electron chi connectivity index (χ4n) is 1.82. The maximum absolute atomic E-state index is 12.1. The molecule has 126 valence electrons. The van der Waals surface area contributed by atoms with Crippen LogP contribution in [-0.2, 0) is 10.0 Å². The second-order valence-corrected chi connectivity index (χ2v) is 6.65. The number of non-ortho nitro benzene ring substituents is 1. The number of nitro benzene ring substituents is 1. The molecule has 0 aliphatic heterocycles. The number of anilines is 1. The standard InChI is InChI=1S/C15H13ClN2O5S/c1-23-15-7-6-13(18(19)20)10-14(15)17-24(21,22)9-8-11-2-4-12(16)5-3-11/h2-10,17H,1H3. The van der Waals surface area contributed by atoms with Crippen LogP contribution in [0.15, 0.2) is 47.9 Å². The SMILES string of the molecule is COc1ccc([N+](=O)[O-])cc1NS(=O)(=O)C=Cc1ccc(Cl)cc1. The number of rotatable bonds is 6. The maximum atomic E-state index is 12.1. The zero-order valence-electron chi connectivity index (χ0n) is 12.5. The maximum Gasteiger partial charge on any atom is 0.271 e. The van der Waals surface area contributed by atoms with Crippen LogP contribution >= 0.6 is 11.6 Å². The Morgan fingerprint density at radius 1 is 1.21 bits per heavy atom. The highest BCUT2D eigenvalue weighted by molar-refractivity contribution is 7.95. The van der Waals surface area contributed by atoms with Gasteiger partial charge < -0.3 is 4.74 Å². The summed E-state index contributed by atoms with van der Waals surface area (Å²) in [4.78, 5) is 10.2. The Bertz CT molecular complexity index is 879. The summed E-state index contributed by atoms with van der Waals surface area (Å²) < 4.78 is 31.5. The van der Waals surface area contributed by atoms with E-state index in [9.17, 15) is 18.5 Å². The fraction of sp³-hybridized carbons (Fsp3) is 0.0667. The topological polar surface area (TPSA) is 98.5 Å². The molecule has 0 spiro atoms. The predicted molar refractivity (Wildman–Crippen MR) is 92.7 cm³/mol. The second kappa shape index (κ2) is 7.33. The Morgan fingerprint density at radius 2 is 1.88 bits per heavy atom. The molecular formula is C15H13ClN2O5S. The van der Waals surface area contributed by atoms with E-state index in [4.69, 9.17) is 16.3 Å². The van der Waals surface area contributed by atoms with Crippen molar-refractivity contribution < 1.29 is 18.1 Å². The van der Waals surface area contributed by atoms with Crippen molar-refractivity contribution in [3.8, 4) is 5.75 Å². The number of hydrogen-bond acceptors (Lipinski definition) is 5. The van der Waals surface area contributed by atoms with E-state index < -0.39 is 14.9 Å². The number of methoxy groups -OCH3 is 1. The van der Waals surface area contributed by atoms with Crippen LogP contribution in [0.3, 0.4) is 0 Å². The summed E-state index contributed by atoms with van der Waals surface area (Å²) >= 11 is 5.76. The lowest BCUT2D eigenvalue weighted by Crippen LogP contribution is -2.10. The van der Waals surface area contributed by atoms with E-state index in [1.807, 2.05) is 0 Å². The van der Waals surface area contributed by atoms with Crippen molar-refractivity contribution in [1.29, 1.82) is 0 Å². The third-order valence-electron chi connectivity index (χ3n) is 2.96. The highest BCUT2D eigenvalue weighted by Gasteiger charge is 2.15. The number of hydrogen-bond donors (Lipinski definition) is 1. The van der Waals surface area contributed by atoms with Gasteiger partial charge in [0.1, 0.15) is 5.75 Å². The fourth-order valence-corrected chi connectivity index (χ4v) is 2.81. The van der Waals surface area contributed by atoms with Crippen molar-refractivity contribution in [2.24, 2.45) is 0 Å². The van der Waals surface area contributed by atoms with Gasteiger partial charge in [0, 0.05) is 17.2 Å². The van der Waals surface area contributed by atoms with Gasteiger partial charge in [-0.05, 0) is 29.8 Å². The van der Waals surface area contributed by atoms with E-state index in [1.54, 1.807) is 24.3 Å². The summed E-state index contributed by atoms with van der Waals surface area (Å²) in [6, 6.07) is 10.2. The Morgan fingerprint density at radius 3 is 2.46 bits per heavy atom. The van der Waals surface area contributed by atoms with Gasteiger partial charge in [0.2, 0.25) is 0 Å². The second-order valence-electron chi connectivity index (χ2n) is 4.64. The molecule has 2 aromatic carbocycles.